The van der Waals surface area contributed by atoms with E-state index in [0.717, 1.165) is 12.4 Å². The van der Waals surface area contributed by atoms with Crippen molar-refractivity contribution in [2.45, 2.75) is 45.7 Å². The predicted molar refractivity (Wildman–Crippen MR) is 71.3 cm³/mol. The van der Waals surface area contributed by atoms with Crippen LogP contribution in [0.5, 0.6) is 0 Å². The molecule has 1 aliphatic rings. The molecule has 1 saturated heterocycles. The summed E-state index contributed by atoms with van der Waals surface area (Å²) in [5, 5.41) is 8.05. The van der Waals surface area contributed by atoms with Crippen LogP contribution in [0.1, 0.15) is 33.1 Å². The lowest BCUT2D eigenvalue weighted by atomic mass is 10.1. The largest absolute Gasteiger partial charge is 0.366 e. The van der Waals surface area contributed by atoms with Gasteiger partial charge in [-0.3, -0.25) is 4.68 Å². The van der Waals surface area contributed by atoms with Gasteiger partial charge in [0, 0.05) is 31.4 Å². The second kappa shape index (κ2) is 6.05. The summed E-state index contributed by atoms with van der Waals surface area (Å²) in [7, 11) is 0. The first-order chi connectivity index (χ1) is 8.31. The Bertz CT molecular complexity index is 334. The molecule has 4 nitrogen and oxygen atoms in total. The van der Waals surface area contributed by atoms with Crippen LogP contribution < -0.4 is 5.32 Å². The zero-order valence-corrected chi connectivity index (χ0v) is 11.0. The molecule has 0 spiro atoms. The van der Waals surface area contributed by atoms with Crippen molar-refractivity contribution in [2.75, 3.05) is 25.0 Å². The molecule has 4 heteroatoms. The molecule has 0 aliphatic carbocycles. The van der Waals surface area contributed by atoms with Crippen molar-refractivity contribution >= 4 is 5.82 Å². The molecule has 1 fully saturated rings. The summed E-state index contributed by atoms with van der Waals surface area (Å²) in [5.74, 6) is 1.03. The van der Waals surface area contributed by atoms with Gasteiger partial charge < -0.3 is 10.2 Å². The summed E-state index contributed by atoms with van der Waals surface area (Å²) in [6.45, 7) is 8.94. The number of anilines is 1. The normalized spacial score (nSPS) is 22.4. The highest BCUT2D eigenvalue weighted by Gasteiger charge is 2.16. The zero-order chi connectivity index (χ0) is 12.1. The van der Waals surface area contributed by atoms with Gasteiger partial charge in [0.15, 0.2) is 0 Å². The smallest absolute Gasteiger partial charge is 0.148 e. The first-order valence-electron chi connectivity index (χ1n) is 6.84. The SMILES string of the molecule is CCN1CCCC(Nc2ccn(CC)n2)CC1. The van der Waals surface area contributed by atoms with Crippen molar-refractivity contribution in [3.05, 3.63) is 12.3 Å². The number of nitrogens with zero attached hydrogens (tertiary/aromatic N) is 3. The van der Waals surface area contributed by atoms with E-state index in [0.29, 0.717) is 6.04 Å². The van der Waals surface area contributed by atoms with Gasteiger partial charge in [0.1, 0.15) is 5.82 Å². The maximum absolute atomic E-state index is 4.48. The monoisotopic (exact) mass is 236 g/mol. The summed E-state index contributed by atoms with van der Waals surface area (Å²) >= 11 is 0. The second-order valence-electron chi connectivity index (χ2n) is 4.76. The average Bonchev–Trinajstić information content (AvgIpc) is 2.68. The highest BCUT2D eigenvalue weighted by atomic mass is 15.3. The van der Waals surface area contributed by atoms with Crippen LogP contribution in [0.25, 0.3) is 0 Å². The Kier molecular flexibility index (Phi) is 4.42. The van der Waals surface area contributed by atoms with Gasteiger partial charge in [0.25, 0.3) is 0 Å². The fourth-order valence-electron chi connectivity index (χ4n) is 2.44. The lowest BCUT2D eigenvalue weighted by molar-refractivity contribution is 0.300. The van der Waals surface area contributed by atoms with Gasteiger partial charge in [-0.05, 0) is 39.3 Å². The minimum atomic E-state index is 0.590. The Morgan fingerprint density at radius 2 is 2.18 bits per heavy atom. The van der Waals surface area contributed by atoms with Crippen LogP contribution in [0.3, 0.4) is 0 Å². The van der Waals surface area contributed by atoms with Crippen molar-refractivity contribution in [2.24, 2.45) is 0 Å². The van der Waals surface area contributed by atoms with Crippen molar-refractivity contribution in [3.8, 4) is 0 Å². The van der Waals surface area contributed by atoms with Crippen LogP contribution in [-0.4, -0.2) is 40.4 Å². The second-order valence-corrected chi connectivity index (χ2v) is 4.76. The molecule has 1 aliphatic heterocycles. The zero-order valence-electron chi connectivity index (χ0n) is 11.0. The lowest BCUT2D eigenvalue weighted by Crippen LogP contribution is -2.26. The average molecular weight is 236 g/mol. The van der Waals surface area contributed by atoms with Crippen LogP contribution in [-0.2, 0) is 6.54 Å². The van der Waals surface area contributed by atoms with Crippen molar-refractivity contribution in [1.29, 1.82) is 0 Å². The topological polar surface area (TPSA) is 33.1 Å². The lowest BCUT2D eigenvalue weighted by Gasteiger charge is -2.18. The number of rotatable bonds is 4. The Balaban J connectivity index is 1.86. The third kappa shape index (κ3) is 3.46. The van der Waals surface area contributed by atoms with Gasteiger partial charge >= 0.3 is 0 Å². The highest BCUT2D eigenvalue weighted by Crippen LogP contribution is 2.15. The molecule has 2 heterocycles. The summed E-state index contributed by atoms with van der Waals surface area (Å²) in [6.07, 6.45) is 5.82. The molecular formula is C13H24N4. The minimum absolute atomic E-state index is 0.590. The molecule has 1 aromatic rings. The Morgan fingerprint density at radius 1 is 1.29 bits per heavy atom. The van der Waals surface area contributed by atoms with Gasteiger partial charge in [0.05, 0.1) is 0 Å². The van der Waals surface area contributed by atoms with E-state index in [9.17, 15) is 0 Å². The van der Waals surface area contributed by atoms with Crippen LogP contribution in [0.15, 0.2) is 12.3 Å². The number of aromatic nitrogens is 2. The van der Waals surface area contributed by atoms with E-state index < -0.39 is 0 Å². The summed E-state index contributed by atoms with van der Waals surface area (Å²) in [4.78, 5) is 2.53. The Morgan fingerprint density at radius 3 is 2.88 bits per heavy atom. The Labute approximate surface area is 104 Å². The van der Waals surface area contributed by atoms with Gasteiger partial charge in [-0.1, -0.05) is 6.92 Å². The van der Waals surface area contributed by atoms with Crippen LogP contribution in [0.4, 0.5) is 5.82 Å². The molecule has 0 radical (unpaired) electrons. The molecule has 1 atom stereocenters. The number of nitrogens with one attached hydrogen (secondary N) is 1. The van der Waals surface area contributed by atoms with Gasteiger partial charge in [-0.15, -0.1) is 0 Å². The first-order valence-corrected chi connectivity index (χ1v) is 6.84. The van der Waals surface area contributed by atoms with Crippen LogP contribution >= 0.6 is 0 Å². The molecule has 1 aromatic heterocycles. The fraction of sp³-hybridized carbons (Fsp3) is 0.769. The van der Waals surface area contributed by atoms with E-state index in [-0.39, 0.29) is 0 Å². The molecule has 0 bridgehead atoms. The number of hydrogen-bond donors (Lipinski definition) is 1. The summed E-state index contributed by atoms with van der Waals surface area (Å²) in [6, 6.07) is 2.66. The molecule has 1 N–H and O–H groups in total. The van der Waals surface area contributed by atoms with Crippen LogP contribution in [0, 0.1) is 0 Å². The van der Waals surface area contributed by atoms with Crippen molar-refractivity contribution < 1.29 is 0 Å². The Hall–Kier alpha value is -1.03. The van der Waals surface area contributed by atoms with Gasteiger partial charge in [-0.2, -0.15) is 5.10 Å². The van der Waals surface area contributed by atoms with Crippen molar-refractivity contribution in [1.82, 2.24) is 14.7 Å². The maximum Gasteiger partial charge on any atom is 0.148 e. The minimum Gasteiger partial charge on any atom is -0.366 e. The molecule has 17 heavy (non-hydrogen) atoms. The van der Waals surface area contributed by atoms with Gasteiger partial charge in [-0.25, -0.2) is 0 Å². The van der Waals surface area contributed by atoms with E-state index in [2.05, 4.69) is 35.2 Å². The van der Waals surface area contributed by atoms with E-state index in [1.165, 1.54) is 38.9 Å². The molecule has 0 amide bonds. The summed E-state index contributed by atoms with van der Waals surface area (Å²) < 4.78 is 1.97. The molecule has 1 unspecified atom stereocenters. The number of hydrogen-bond acceptors (Lipinski definition) is 3. The quantitative estimate of drug-likeness (QED) is 0.870. The van der Waals surface area contributed by atoms with E-state index in [1.54, 1.807) is 0 Å². The van der Waals surface area contributed by atoms with Crippen LogP contribution in [0.2, 0.25) is 0 Å². The number of aryl methyl sites for hydroxylation is 1. The highest BCUT2D eigenvalue weighted by molar-refractivity contribution is 5.33. The molecular weight excluding hydrogens is 212 g/mol. The number of likely N-dealkylation sites (tertiary alicyclic amines) is 1. The summed E-state index contributed by atoms with van der Waals surface area (Å²) in [5.41, 5.74) is 0. The molecule has 0 saturated carbocycles. The van der Waals surface area contributed by atoms with E-state index in [1.807, 2.05) is 10.9 Å². The van der Waals surface area contributed by atoms with Crippen molar-refractivity contribution in [3.63, 3.8) is 0 Å². The third-order valence-corrected chi connectivity index (χ3v) is 3.58. The van der Waals surface area contributed by atoms with Gasteiger partial charge in [0.2, 0.25) is 0 Å². The fourth-order valence-corrected chi connectivity index (χ4v) is 2.44. The predicted octanol–water partition coefficient (Wildman–Crippen LogP) is 2.19. The molecule has 0 aromatic carbocycles. The van der Waals surface area contributed by atoms with E-state index >= 15 is 0 Å². The first kappa shape index (κ1) is 12.4. The standard InChI is InChI=1S/C13H24N4/c1-3-16-9-5-6-12(7-10-16)14-13-8-11-17(4-2)15-13/h8,11-12H,3-7,9-10H2,1-2H3,(H,14,15). The molecule has 2 rings (SSSR count). The maximum atomic E-state index is 4.48. The molecule has 96 valence electrons. The van der Waals surface area contributed by atoms with E-state index in [4.69, 9.17) is 0 Å². The third-order valence-electron chi connectivity index (χ3n) is 3.58.